The van der Waals surface area contributed by atoms with Gasteiger partial charge in [0.25, 0.3) is 0 Å². The molecular formula is C15H25N5O. The first-order valence-electron chi connectivity index (χ1n) is 7.58. The van der Waals surface area contributed by atoms with E-state index in [1.165, 1.54) is 0 Å². The second-order valence-corrected chi connectivity index (χ2v) is 5.13. The van der Waals surface area contributed by atoms with Gasteiger partial charge < -0.3 is 19.2 Å². The normalized spacial score (nSPS) is 12.9. The fraction of sp³-hybridized carbons (Fsp3) is 0.600. The van der Waals surface area contributed by atoms with Crippen LogP contribution in [0.15, 0.2) is 37.4 Å². The summed E-state index contributed by atoms with van der Waals surface area (Å²) in [5.41, 5.74) is 0. The lowest BCUT2D eigenvalue weighted by Crippen LogP contribution is -2.26. The van der Waals surface area contributed by atoms with Crippen molar-refractivity contribution in [3.8, 4) is 0 Å². The van der Waals surface area contributed by atoms with Crippen molar-refractivity contribution < 1.29 is 4.74 Å². The zero-order valence-corrected chi connectivity index (χ0v) is 12.9. The van der Waals surface area contributed by atoms with Gasteiger partial charge in [-0.2, -0.15) is 0 Å². The molecule has 0 bridgehead atoms. The lowest BCUT2D eigenvalue weighted by atomic mass is 10.3. The number of hydrogen-bond acceptors (Lipinski definition) is 4. The van der Waals surface area contributed by atoms with Crippen molar-refractivity contribution in [2.45, 2.75) is 39.0 Å². The maximum absolute atomic E-state index is 5.65. The summed E-state index contributed by atoms with van der Waals surface area (Å²) < 4.78 is 9.84. The Balaban J connectivity index is 1.74. The second-order valence-electron chi connectivity index (χ2n) is 5.13. The van der Waals surface area contributed by atoms with Crippen molar-refractivity contribution in [1.29, 1.82) is 0 Å². The van der Waals surface area contributed by atoms with E-state index in [2.05, 4.69) is 38.3 Å². The lowest BCUT2D eigenvalue weighted by Gasteiger charge is -2.20. The predicted octanol–water partition coefficient (Wildman–Crippen LogP) is 1.92. The van der Waals surface area contributed by atoms with Gasteiger partial charge in [-0.3, -0.25) is 0 Å². The summed E-state index contributed by atoms with van der Waals surface area (Å²) in [4.78, 5) is 8.26. The Hall–Kier alpha value is -1.66. The van der Waals surface area contributed by atoms with E-state index in [1.54, 1.807) is 12.4 Å². The molecule has 2 aromatic rings. The molecule has 6 heteroatoms. The van der Waals surface area contributed by atoms with Crippen molar-refractivity contribution in [3.05, 3.63) is 37.4 Å². The molecule has 2 heterocycles. The van der Waals surface area contributed by atoms with E-state index in [0.29, 0.717) is 6.10 Å². The Morgan fingerprint density at radius 1 is 1.10 bits per heavy atom. The Kier molecular flexibility index (Phi) is 6.43. The highest BCUT2D eigenvalue weighted by atomic mass is 16.5. The molecule has 0 aliphatic heterocycles. The van der Waals surface area contributed by atoms with E-state index in [-0.39, 0.29) is 6.17 Å². The minimum absolute atomic E-state index is 0.206. The van der Waals surface area contributed by atoms with Gasteiger partial charge in [-0.25, -0.2) is 9.97 Å². The first-order chi connectivity index (χ1) is 10.3. The average molecular weight is 291 g/mol. The third-order valence-electron chi connectivity index (χ3n) is 3.57. The van der Waals surface area contributed by atoms with Gasteiger partial charge in [0.05, 0.1) is 25.4 Å². The average Bonchev–Trinajstić information content (AvgIpc) is 3.19. The molecule has 0 radical (unpaired) electrons. The van der Waals surface area contributed by atoms with Gasteiger partial charge in [-0.15, -0.1) is 0 Å². The molecule has 0 spiro atoms. The highest BCUT2D eigenvalue weighted by Gasteiger charge is 2.11. The maximum Gasteiger partial charge on any atom is 0.113 e. The van der Waals surface area contributed by atoms with Crippen molar-refractivity contribution in [2.24, 2.45) is 0 Å². The molecule has 2 rings (SSSR count). The quantitative estimate of drug-likeness (QED) is 0.680. The topological polar surface area (TPSA) is 56.9 Å². The summed E-state index contributed by atoms with van der Waals surface area (Å²) in [5.74, 6) is 0. The first-order valence-corrected chi connectivity index (χ1v) is 7.58. The molecule has 6 nitrogen and oxygen atoms in total. The molecule has 0 aromatic carbocycles. The van der Waals surface area contributed by atoms with Crippen LogP contribution in [-0.2, 0) is 4.74 Å². The second kappa shape index (κ2) is 8.59. The van der Waals surface area contributed by atoms with Gasteiger partial charge in [-0.05, 0) is 26.3 Å². The van der Waals surface area contributed by atoms with Gasteiger partial charge in [0, 0.05) is 31.3 Å². The van der Waals surface area contributed by atoms with Crippen LogP contribution in [-0.4, -0.2) is 44.9 Å². The van der Waals surface area contributed by atoms with Crippen LogP contribution in [0.25, 0.3) is 0 Å². The number of nitrogens with one attached hydrogen (secondary N) is 1. The van der Waals surface area contributed by atoms with E-state index in [0.717, 1.165) is 32.5 Å². The zero-order valence-electron chi connectivity index (χ0n) is 12.9. The molecule has 0 amide bonds. The Morgan fingerprint density at radius 3 is 2.29 bits per heavy atom. The molecule has 1 atom stereocenters. The standard InChI is InChI=1S/C15H25N5O/c1-3-14(2)21-11-8-16-5-4-15(19-9-6-17-12-19)20-10-7-18-13-20/h6-7,9-10,12-16H,3-5,8,11H2,1-2H3. The van der Waals surface area contributed by atoms with Crippen LogP contribution in [0.4, 0.5) is 0 Å². The third-order valence-corrected chi connectivity index (χ3v) is 3.57. The zero-order chi connectivity index (χ0) is 14.9. The first kappa shape index (κ1) is 15.7. The van der Waals surface area contributed by atoms with Gasteiger partial charge in [0.15, 0.2) is 0 Å². The Bertz CT molecular complexity index is 434. The summed E-state index contributed by atoms with van der Waals surface area (Å²) in [6.07, 6.45) is 13.8. The van der Waals surface area contributed by atoms with E-state index in [4.69, 9.17) is 4.74 Å². The molecule has 1 N–H and O–H groups in total. The minimum atomic E-state index is 0.206. The highest BCUT2D eigenvalue weighted by molar-refractivity contribution is 4.86. The van der Waals surface area contributed by atoms with E-state index >= 15 is 0 Å². The SMILES string of the molecule is CCC(C)OCCNCCC(n1ccnc1)n1ccnc1. The monoisotopic (exact) mass is 291 g/mol. The van der Waals surface area contributed by atoms with Crippen molar-refractivity contribution in [2.75, 3.05) is 19.7 Å². The molecular weight excluding hydrogens is 266 g/mol. The number of rotatable bonds is 10. The van der Waals surface area contributed by atoms with Gasteiger partial charge in [-0.1, -0.05) is 6.92 Å². The highest BCUT2D eigenvalue weighted by Crippen LogP contribution is 2.13. The largest absolute Gasteiger partial charge is 0.377 e. The number of imidazole rings is 2. The number of aromatic nitrogens is 4. The molecule has 2 aromatic heterocycles. The minimum Gasteiger partial charge on any atom is -0.377 e. The molecule has 0 saturated heterocycles. The molecule has 0 saturated carbocycles. The van der Waals surface area contributed by atoms with Crippen LogP contribution in [0.3, 0.4) is 0 Å². The summed E-state index contributed by atoms with van der Waals surface area (Å²) in [6, 6.07) is 0. The van der Waals surface area contributed by atoms with Crippen molar-refractivity contribution in [3.63, 3.8) is 0 Å². The molecule has 0 fully saturated rings. The van der Waals surface area contributed by atoms with E-state index in [9.17, 15) is 0 Å². The number of nitrogens with zero attached hydrogens (tertiary/aromatic N) is 4. The summed E-state index contributed by atoms with van der Waals surface area (Å²) >= 11 is 0. The Morgan fingerprint density at radius 2 is 1.76 bits per heavy atom. The summed E-state index contributed by atoms with van der Waals surface area (Å²) in [6.45, 7) is 6.80. The number of hydrogen-bond donors (Lipinski definition) is 1. The summed E-state index contributed by atoms with van der Waals surface area (Å²) in [7, 11) is 0. The smallest absolute Gasteiger partial charge is 0.113 e. The van der Waals surface area contributed by atoms with Gasteiger partial charge >= 0.3 is 0 Å². The van der Waals surface area contributed by atoms with Crippen LogP contribution in [0.2, 0.25) is 0 Å². The predicted molar refractivity (Wildman–Crippen MR) is 82.1 cm³/mol. The van der Waals surface area contributed by atoms with Gasteiger partial charge in [0.2, 0.25) is 0 Å². The molecule has 21 heavy (non-hydrogen) atoms. The van der Waals surface area contributed by atoms with E-state index in [1.807, 2.05) is 25.0 Å². The third kappa shape index (κ3) is 4.99. The van der Waals surface area contributed by atoms with Crippen LogP contribution >= 0.6 is 0 Å². The fourth-order valence-corrected chi connectivity index (χ4v) is 2.15. The van der Waals surface area contributed by atoms with Crippen LogP contribution in [0.5, 0.6) is 0 Å². The van der Waals surface area contributed by atoms with Crippen molar-refractivity contribution >= 4 is 0 Å². The molecule has 0 aliphatic carbocycles. The lowest BCUT2D eigenvalue weighted by molar-refractivity contribution is 0.0655. The molecule has 0 aliphatic rings. The fourth-order valence-electron chi connectivity index (χ4n) is 2.15. The van der Waals surface area contributed by atoms with Crippen LogP contribution < -0.4 is 5.32 Å². The van der Waals surface area contributed by atoms with Crippen molar-refractivity contribution in [1.82, 2.24) is 24.4 Å². The Labute approximate surface area is 126 Å². The van der Waals surface area contributed by atoms with Crippen LogP contribution in [0.1, 0.15) is 32.9 Å². The van der Waals surface area contributed by atoms with Gasteiger partial charge in [0.1, 0.15) is 6.17 Å². The molecule has 1 unspecified atom stereocenters. The van der Waals surface area contributed by atoms with Crippen LogP contribution in [0, 0.1) is 0 Å². The number of ether oxygens (including phenoxy) is 1. The summed E-state index contributed by atoms with van der Waals surface area (Å²) in [5, 5.41) is 3.43. The van der Waals surface area contributed by atoms with E-state index < -0.39 is 0 Å². The molecule has 116 valence electrons. The maximum atomic E-state index is 5.65.